The van der Waals surface area contributed by atoms with Crippen molar-refractivity contribution >= 4 is 21.7 Å². The van der Waals surface area contributed by atoms with Gasteiger partial charge in [0, 0.05) is 10.7 Å². The molecule has 1 aliphatic carbocycles. The number of nitro groups is 1. The first-order valence-corrected chi connectivity index (χ1v) is 6.93. The van der Waals surface area contributed by atoms with E-state index in [1.54, 1.807) is 17.8 Å². The Balaban J connectivity index is 2.18. The molecular weight excluding hydrogens is 286 g/mol. The maximum Gasteiger partial charge on any atom is 0.392 e. The van der Waals surface area contributed by atoms with Crippen LogP contribution in [0, 0.1) is 22.5 Å². The van der Waals surface area contributed by atoms with Gasteiger partial charge in [-0.05, 0) is 24.7 Å². The molecule has 1 saturated carbocycles. The third-order valence-electron chi connectivity index (χ3n) is 3.54. The van der Waals surface area contributed by atoms with E-state index in [9.17, 15) is 10.1 Å². The highest BCUT2D eigenvalue weighted by atomic mass is 79.9. The van der Waals surface area contributed by atoms with Crippen molar-refractivity contribution in [2.24, 2.45) is 5.41 Å². The monoisotopic (exact) mass is 301 g/mol. The zero-order chi connectivity index (χ0) is 12.5. The van der Waals surface area contributed by atoms with Crippen LogP contribution in [-0.2, 0) is 6.54 Å². The Bertz CT molecular complexity index is 424. The number of hydrogen-bond donors (Lipinski definition) is 0. The van der Waals surface area contributed by atoms with E-state index in [0.29, 0.717) is 5.56 Å². The van der Waals surface area contributed by atoms with Gasteiger partial charge in [-0.1, -0.05) is 28.8 Å². The van der Waals surface area contributed by atoms with E-state index in [1.807, 2.05) is 0 Å². The number of alkyl halides is 1. The smallest absolute Gasteiger partial charge is 0.358 e. The summed E-state index contributed by atoms with van der Waals surface area (Å²) in [5.41, 5.74) is 0.865. The summed E-state index contributed by atoms with van der Waals surface area (Å²) in [5, 5.41) is 15.7. The minimum atomic E-state index is -0.415. The zero-order valence-electron chi connectivity index (χ0n) is 9.86. The summed E-state index contributed by atoms with van der Waals surface area (Å²) < 4.78 is 1.74. The van der Waals surface area contributed by atoms with Crippen LogP contribution in [0.25, 0.3) is 0 Å². The lowest BCUT2D eigenvalue weighted by Crippen LogP contribution is -2.25. The molecule has 0 aromatic carbocycles. The average molecular weight is 302 g/mol. The minimum absolute atomic E-state index is 0.0206. The predicted octanol–water partition coefficient (Wildman–Crippen LogP) is 3.06. The molecule has 1 aliphatic rings. The Morgan fingerprint density at radius 3 is 2.71 bits per heavy atom. The molecule has 1 aromatic rings. The zero-order valence-corrected chi connectivity index (χ0v) is 11.4. The van der Waals surface area contributed by atoms with Crippen LogP contribution in [0.3, 0.4) is 0 Å². The first kappa shape index (κ1) is 12.5. The molecule has 1 aromatic heterocycles. The van der Waals surface area contributed by atoms with E-state index in [2.05, 4.69) is 21.0 Å². The molecule has 0 bridgehead atoms. The lowest BCUT2D eigenvalue weighted by atomic mass is 9.89. The lowest BCUT2D eigenvalue weighted by Gasteiger charge is -2.24. The summed E-state index contributed by atoms with van der Waals surface area (Å²) in [4.78, 5) is 10.3. The normalized spacial score (nSPS) is 18.5. The molecule has 0 spiro atoms. The minimum Gasteiger partial charge on any atom is -0.358 e. The van der Waals surface area contributed by atoms with Crippen molar-refractivity contribution < 1.29 is 4.92 Å². The number of rotatable bonds is 4. The number of aryl methyl sites for hydroxylation is 1. The van der Waals surface area contributed by atoms with Crippen LogP contribution >= 0.6 is 15.9 Å². The second kappa shape index (κ2) is 4.76. The van der Waals surface area contributed by atoms with Gasteiger partial charge in [0.05, 0.1) is 23.4 Å². The molecule has 2 rings (SSSR count). The van der Waals surface area contributed by atoms with Gasteiger partial charge in [-0.2, -0.15) is 4.68 Å². The Morgan fingerprint density at radius 2 is 2.24 bits per heavy atom. The molecular formula is C11H16BrN3O2. The summed E-state index contributed by atoms with van der Waals surface area (Å²) in [6, 6.07) is 0. The van der Waals surface area contributed by atoms with Crippen LogP contribution < -0.4 is 0 Å². The molecule has 0 radical (unpaired) electrons. The fourth-order valence-corrected chi connectivity index (χ4v) is 3.31. The Hall–Kier alpha value is -0.910. The van der Waals surface area contributed by atoms with Crippen molar-refractivity contribution in [1.82, 2.24) is 9.78 Å². The molecule has 0 amide bonds. The molecule has 0 atom stereocenters. The Kier molecular flexibility index (Phi) is 3.51. The molecule has 1 heterocycles. The molecule has 0 aliphatic heterocycles. The fourth-order valence-electron chi connectivity index (χ4n) is 2.57. The summed E-state index contributed by atoms with van der Waals surface area (Å²) in [6.45, 7) is 2.50. The second-order valence-corrected chi connectivity index (χ2v) is 5.49. The van der Waals surface area contributed by atoms with E-state index < -0.39 is 4.92 Å². The third-order valence-corrected chi connectivity index (χ3v) is 4.73. The van der Waals surface area contributed by atoms with Crippen molar-refractivity contribution in [3.8, 4) is 0 Å². The maximum atomic E-state index is 10.7. The van der Waals surface area contributed by atoms with Crippen molar-refractivity contribution in [2.45, 2.75) is 39.2 Å². The number of nitrogens with zero attached hydrogens (tertiary/aromatic N) is 3. The van der Waals surface area contributed by atoms with Crippen molar-refractivity contribution in [2.75, 3.05) is 5.33 Å². The van der Waals surface area contributed by atoms with Crippen LogP contribution in [-0.4, -0.2) is 20.0 Å². The largest absolute Gasteiger partial charge is 0.392 e. The predicted molar refractivity (Wildman–Crippen MR) is 68.3 cm³/mol. The molecule has 0 N–H and O–H groups in total. The van der Waals surface area contributed by atoms with Crippen LogP contribution in [0.4, 0.5) is 5.82 Å². The maximum absolute atomic E-state index is 10.7. The van der Waals surface area contributed by atoms with Crippen LogP contribution in [0.1, 0.15) is 31.2 Å². The Labute approximate surface area is 108 Å². The van der Waals surface area contributed by atoms with Crippen LogP contribution in [0.15, 0.2) is 6.20 Å². The SMILES string of the molecule is Cc1cn(CC2(CBr)CCCC2)nc1[N+](=O)[O-]. The topological polar surface area (TPSA) is 61.0 Å². The van der Waals surface area contributed by atoms with Crippen LogP contribution in [0.2, 0.25) is 0 Å². The Morgan fingerprint density at radius 1 is 1.59 bits per heavy atom. The fraction of sp³-hybridized carbons (Fsp3) is 0.727. The highest BCUT2D eigenvalue weighted by molar-refractivity contribution is 9.09. The molecule has 17 heavy (non-hydrogen) atoms. The first-order valence-electron chi connectivity index (χ1n) is 5.81. The van der Waals surface area contributed by atoms with Crippen molar-refractivity contribution in [3.05, 3.63) is 21.9 Å². The van der Waals surface area contributed by atoms with Gasteiger partial charge in [0.25, 0.3) is 0 Å². The summed E-state index contributed by atoms with van der Waals surface area (Å²) in [5.74, 6) is -0.0206. The summed E-state index contributed by atoms with van der Waals surface area (Å²) in [7, 11) is 0. The highest BCUT2D eigenvalue weighted by Crippen LogP contribution is 2.41. The first-order chi connectivity index (χ1) is 8.06. The van der Waals surface area contributed by atoms with Crippen molar-refractivity contribution in [1.29, 1.82) is 0 Å². The molecule has 5 nitrogen and oxygen atoms in total. The molecule has 0 saturated heterocycles. The van der Waals surface area contributed by atoms with Gasteiger partial charge in [0.2, 0.25) is 0 Å². The molecule has 94 valence electrons. The number of aromatic nitrogens is 2. The molecule has 6 heteroatoms. The van der Waals surface area contributed by atoms with Gasteiger partial charge in [0.15, 0.2) is 0 Å². The van der Waals surface area contributed by atoms with E-state index in [4.69, 9.17) is 0 Å². The van der Waals surface area contributed by atoms with Gasteiger partial charge < -0.3 is 10.1 Å². The second-order valence-electron chi connectivity index (χ2n) is 4.93. The quantitative estimate of drug-likeness (QED) is 0.488. The van der Waals surface area contributed by atoms with E-state index in [0.717, 1.165) is 11.9 Å². The lowest BCUT2D eigenvalue weighted by molar-refractivity contribution is -0.390. The van der Waals surface area contributed by atoms with Gasteiger partial charge in [-0.15, -0.1) is 0 Å². The van der Waals surface area contributed by atoms with Gasteiger partial charge >= 0.3 is 5.82 Å². The van der Waals surface area contributed by atoms with E-state index in [1.165, 1.54) is 25.7 Å². The number of hydrogen-bond acceptors (Lipinski definition) is 3. The molecule has 0 unspecified atom stereocenters. The third kappa shape index (κ3) is 2.51. The van der Waals surface area contributed by atoms with Crippen molar-refractivity contribution in [3.63, 3.8) is 0 Å². The summed E-state index contributed by atoms with van der Waals surface area (Å²) >= 11 is 3.57. The van der Waals surface area contributed by atoms with Gasteiger partial charge in [-0.3, -0.25) is 0 Å². The van der Waals surface area contributed by atoms with E-state index >= 15 is 0 Å². The van der Waals surface area contributed by atoms with Gasteiger partial charge in [-0.25, -0.2) is 0 Å². The number of halogens is 1. The van der Waals surface area contributed by atoms with E-state index in [-0.39, 0.29) is 11.2 Å². The van der Waals surface area contributed by atoms with Gasteiger partial charge in [0.1, 0.15) is 0 Å². The summed E-state index contributed by atoms with van der Waals surface area (Å²) in [6.07, 6.45) is 6.61. The standard InChI is InChI=1S/C11H16BrN3O2/c1-9-6-14(13-10(9)15(16)17)8-11(7-12)4-2-3-5-11/h6H,2-5,7-8H2,1H3. The highest BCUT2D eigenvalue weighted by Gasteiger charge is 2.35. The van der Waals surface area contributed by atoms with Crippen LogP contribution in [0.5, 0.6) is 0 Å². The average Bonchev–Trinajstić information content (AvgIpc) is 2.87. The molecule has 1 fully saturated rings.